The Bertz CT molecular complexity index is 1120. The van der Waals surface area contributed by atoms with E-state index < -0.39 is 28.4 Å². The summed E-state index contributed by atoms with van der Waals surface area (Å²) in [4.78, 5) is 39.9. The summed E-state index contributed by atoms with van der Waals surface area (Å²) in [5.41, 5.74) is -0.193. The Balaban J connectivity index is 1.79. The van der Waals surface area contributed by atoms with Crippen LogP contribution in [0.25, 0.3) is 5.76 Å². The van der Waals surface area contributed by atoms with Gasteiger partial charge < -0.3 is 24.4 Å². The lowest BCUT2D eigenvalue weighted by atomic mass is 9.94. The summed E-state index contributed by atoms with van der Waals surface area (Å²) < 4.78 is 10.5. The molecule has 10 heteroatoms. The van der Waals surface area contributed by atoms with Crippen molar-refractivity contribution in [2.24, 2.45) is 0 Å². The van der Waals surface area contributed by atoms with Gasteiger partial charge in [-0.25, -0.2) is 0 Å². The zero-order chi connectivity index (χ0) is 24.2. The first kappa shape index (κ1) is 23.4. The number of morpholine rings is 1. The van der Waals surface area contributed by atoms with Crippen molar-refractivity contribution in [2.45, 2.75) is 6.04 Å². The lowest BCUT2D eigenvalue weighted by Crippen LogP contribution is -3.14. The zero-order valence-electron chi connectivity index (χ0n) is 18.7. The molecule has 2 heterocycles. The van der Waals surface area contributed by atoms with E-state index in [-0.39, 0.29) is 28.9 Å². The summed E-state index contributed by atoms with van der Waals surface area (Å²) >= 11 is 0. The van der Waals surface area contributed by atoms with Crippen molar-refractivity contribution < 1.29 is 34.0 Å². The highest BCUT2D eigenvalue weighted by Crippen LogP contribution is 2.41. The van der Waals surface area contributed by atoms with Gasteiger partial charge in [-0.05, 0) is 23.8 Å². The minimum atomic E-state index is -1.14. The average molecular weight is 467 g/mol. The molecule has 1 unspecified atom stereocenters. The number of ketones is 1. The van der Waals surface area contributed by atoms with Gasteiger partial charge in [0, 0.05) is 11.6 Å². The standard InChI is InChI=1S/C24H25N3O7/c1-33-17-8-6-16(7-9-17)22(28)20-21(18-4-2-3-5-19(18)27(31)32)26(24(30)23(20)29)11-10-25-12-14-34-15-13-25/h2-9,21,28H,10-15H2,1H3. The Morgan fingerprint density at radius 1 is 1.15 bits per heavy atom. The van der Waals surface area contributed by atoms with E-state index in [0.29, 0.717) is 25.5 Å². The van der Waals surface area contributed by atoms with E-state index in [0.717, 1.165) is 13.1 Å². The number of quaternary nitrogens is 1. The van der Waals surface area contributed by atoms with E-state index in [1.807, 2.05) is 0 Å². The topological polar surface area (TPSA) is 126 Å². The average Bonchev–Trinajstić information content (AvgIpc) is 3.12. The van der Waals surface area contributed by atoms with Gasteiger partial charge in [-0.15, -0.1) is 0 Å². The van der Waals surface area contributed by atoms with Crippen molar-refractivity contribution in [1.82, 2.24) is 4.90 Å². The Hall–Kier alpha value is -3.76. The van der Waals surface area contributed by atoms with Crippen molar-refractivity contribution in [3.8, 4) is 5.75 Å². The number of nitro groups is 1. The first-order chi connectivity index (χ1) is 16.4. The number of hydrogen-bond acceptors (Lipinski definition) is 7. The third-order valence-electron chi connectivity index (χ3n) is 6.22. The fourth-order valence-corrected chi connectivity index (χ4v) is 4.40. The van der Waals surface area contributed by atoms with Crippen LogP contribution in [0.2, 0.25) is 0 Å². The number of benzene rings is 2. The molecule has 2 aromatic rings. The van der Waals surface area contributed by atoms with Gasteiger partial charge in [0.05, 0.1) is 49.9 Å². The third-order valence-corrected chi connectivity index (χ3v) is 6.22. The molecule has 0 aliphatic carbocycles. The molecule has 2 aliphatic heterocycles. The number of ether oxygens (including phenoxy) is 2. The SMILES string of the molecule is COc1ccc(C([O-])=C2C(=O)C(=O)N(CC[NH+]3CCOCC3)C2c2ccccc2[N+](=O)[O-])cc1. The summed E-state index contributed by atoms with van der Waals surface area (Å²) in [6, 6.07) is 10.9. The molecular weight excluding hydrogens is 442 g/mol. The monoisotopic (exact) mass is 467 g/mol. The molecule has 2 fully saturated rings. The molecular formula is C24H25N3O7. The molecule has 2 aromatic carbocycles. The Morgan fingerprint density at radius 2 is 1.82 bits per heavy atom. The fourth-order valence-electron chi connectivity index (χ4n) is 4.40. The zero-order valence-corrected chi connectivity index (χ0v) is 18.7. The number of rotatable bonds is 7. The van der Waals surface area contributed by atoms with E-state index in [1.54, 1.807) is 18.2 Å². The maximum Gasteiger partial charge on any atom is 0.295 e. The van der Waals surface area contributed by atoms with Crippen molar-refractivity contribution in [3.63, 3.8) is 0 Å². The third kappa shape index (κ3) is 4.50. The fraction of sp³-hybridized carbons (Fsp3) is 0.333. The van der Waals surface area contributed by atoms with Crippen LogP contribution in [0.3, 0.4) is 0 Å². The Labute approximate surface area is 196 Å². The number of Topliss-reactive ketones (excluding diaryl/α,β-unsaturated/α-hetero) is 1. The van der Waals surface area contributed by atoms with Crippen LogP contribution in [-0.4, -0.2) is 68.0 Å². The predicted octanol–water partition coefficient (Wildman–Crippen LogP) is -0.257. The van der Waals surface area contributed by atoms with Gasteiger partial charge >= 0.3 is 0 Å². The molecule has 2 saturated heterocycles. The van der Waals surface area contributed by atoms with E-state index in [2.05, 4.69) is 0 Å². The lowest BCUT2D eigenvalue weighted by Gasteiger charge is -2.30. The molecule has 2 aliphatic rings. The highest BCUT2D eigenvalue weighted by atomic mass is 16.6. The van der Waals surface area contributed by atoms with Gasteiger partial charge in [0.1, 0.15) is 18.8 Å². The molecule has 178 valence electrons. The number of likely N-dealkylation sites (tertiary alicyclic amines) is 1. The van der Waals surface area contributed by atoms with Crippen LogP contribution in [0, 0.1) is 10.1 Å². The quantitative estimate of drug-likeness (QED) is 0.196. The first-order valence-electron chi connectivity index (χ1n) is 11.0. The van der Waals surface area contributed by atoms with Crippen molar-refractivity contribution >= 4 is 23.1 Å². The predicted molar refractivity (Wildman–Crippen MR) is 119 cm³/mol. The van der Waals surface area contributed by atoms with Gasteiger partial charge in [-0.1, -0.05) is 30.0 Å². The number of carbonyl (C=O) groups is 2. The van der Waals surface area contributed by atoms with Crippen molar-refractivity contribution in [3.05, 3.63) is 75.3 Å². The lowest BCUT2D eigenvalue weighted by molar-refractivity contribution is -0.907. The molecule has 0 aromatic heterocycles. The van der Waals surface area contributed by atoms with Crippen molar-refractivity contribution in [1.29, 1.82) is 0 Å². The minimum absolute atomic E-state index is 0.139. The van der Waals surface area contributed by atoms with Crippen LogP contribution < -0.4 is 14.7 Å². The smallest absolute Gasteiger partial charge is 0.295 e. The molecule has 0 radical (unpaired) electrons. The van der Waals surface area contributed by atoms with Crippen LogP contribution in [0.15, 0.2) is 54.1 Å². The molecule has 1 N–H and O–H groups in total. The molecule has 0 bridgehead atoms. The number of nitrogens with zero attached hydrogens (tertiary/aromatic N) is 2. The second-order valence-electron chi connectivity index (χ2n) is 8.13. The Kier molecular flexibility index (Phi) is 6.90. The van der Waals surface area contributed by atoms with Crippen LogP contribution >= 0.6 is 0 Å². The number of amides is 1. The molecule has 1 atom stereocenters. The summed E-state index contributed by atoms with van der Waals surface area (Å²) in [6.07, 6.45) is 0. The van der Waals surface area contributed by atoms with E-state index in [9.17, 15) is 24.8 Å². The highest BCUT2D eigenvalue weighted by Gasteiger charge is 2.46. The highest BCUT2D eigenvalue weighted by molar-refractivity contribution is 6.46. The Morgan fingerprint density at radius 3 is 2.47 bits per heavy atom. The van der Waals surface area contributed by atoms with Crippen molar-refractivity contribution in [2.75, 3.05) is 46.5 Å². The van der Waals surface area contributed by atoms with Gasteiger partial charge in [0.2, 0.25) is 5.78 Å². The summed E-state index contributed by atoms with van der Waals surface area (Å²) in [5, 5.41) is 25.2. The number of nitro benzene ring substituents is 1. The summed E-state index contributed by atoms with van der Waals surface area (Å²) in [7, 11) is 1.49. The molecule has 34 heavy (non-hydrogen) atoms. The second kappa shape index (κ2) is 10.0. The molecule has 10 nitrogen and oxygen atoms in total. The van der Waals surface area contributed by atoms with Gasteiger partial charge in [0.15, 0.2) is 0 Å². The van der Waals surface area contributed by atoms with Gasteiger partial charge in [-0.2, -0.15) is 0 Å². The maximum absolute atomic E-state index is 13.4. The second-order valence-corrected chi connectivity index (χ2v) is 8.13. The van der Waals surface area contributed by atoms with Crippen LogP contribution in [0.4, 0.5) is 5.69 Å². The number of carbonyl (C=O) groups excluding carboxylic acids is 2. The van der Waals surface area contributed by atoms with E-state index in [1.165, 1.54) is 47.2 Å². The normalized spacial score (nSPS) is 20.5. The van der Waals surface area contributed by atoms with Gasteiger partial charge in [0.25, 0.3) is 11.6 Å². The van der Waals surface area contributed by atoms with Crippen LogP contribution in [0.5, 0.6) is 5.75 Å². The molecule has 1 amide bonds. The number of hydrogen-bond donors (Lipinski definition) is 1. The number of para-hydroxylation sites is 1. The number of nitrogens with one attached hydrogen (secondary N) is 1. The van der Waals surface area contributed by atoms with Gasteiger partial charge in [-0.3, -0.25) is 19.7 Å². The first-order valence-corrected chi connectivity index (χ1v) is 11.0. The van der Waals surface area contributed by atoms with Crippen LogP contribution in [-0.2, 0) is 14.3 Å². The largest absolute Gasteiger partial charge is 0.872 e. The molecule has 0 spiro atoms. The van der Waals surface area contributed by atoms with E-state index in [4.69, 9.17) is 9.47 Å². The number of methoxy groups -OCH3 is 1. The summed E-state index contributed by atoms with van der Waals surface area (Å²) in [5.74, 6) is -1.86. The molecule has 4 rings (SSSR count). The minimum Gasteiger partial charge on any atom is -0.872 e. The maximum atomic E-state index is 13.4. The van der Waals surface area contributed by atoms with Crippen LogP contribution in [0.1, 0.15) is 17.2 Å². The summed E-state index contributed by atoms with van der Waals surface area (Å²) in [6.45, 7) is 3.42. The van der Waals surface area contributed by atoms with E-state index >= 15 is 0 Å². The molecule has 0 saturated carbocycles.